The number of hydrogen-bond acceptors (Lipinski definition) is 4. The molecule has 0 fully saturated rings. The number of ether oxygens (including phenoxy) is 2. The lowest BCUT2D eigenvalue weighted by molar-refractivity contribution is -0.131. The molecular formula is C18H19BrN2O3. The molecule has 2 aromatic rings. The van der Waals surface area contributed by atoms with E-state index in [1.807, 2.05) is 55.5 Å². The molecular weight excluding hydrogens is 372 g/mol. The second-order valence-electron chi connectivity index (χ2n) is 4.88. The normalized spacial score (nSPS) is 12.1. The summed E-state index contributed by atoms with van der Waals surface area (Å²) >= 11 is 3.41. The van der Waals surface area contributed by atoms with Crippen molar-refractivity contribution in [3.8, 4) is 5.75 Å². The van der Waals surface area contributed by atoms with Gasteiger partial charge in [0.1, 0.15) is 5.75 Å². The fourth-order valence-corrected chi connectivity index (χ4v) is 2.53. The molecule has 2 rings (SSSR count). The van der Waals surface area contributed by atoms with E-state index < -0.39 is 6.10 Å². The minimum absolute atomic E-state index is 0.340. The number of rotatable bonds is 7. The van der Waals surface area contributed by atoms with E-state index in [0.29, 0.717) is 12.4 Å². The molecule has 1 N–H and O–H groups in total. The predicted octanol–water partition coefficient (Wildman–Crippen LogP) is 3.69. The minimum atomic E-state index is -0.711. The Labute approximate surface area is 149 Å². The Morgan fingerprint density at radius 3 is 2.71 bits per heavy atom. The Hall–Kier alpha value is -2.18. The smallest absolute Gasteiger partial charge is 0.273 e. The van der Waals surface area contributed by atoms with Crippen molar-refractivity contribution in [3.05, 3.63) is 64.1 Å². The Balaban J connectivity index is 2.08. The number of halogens is 1. The van der Waals surface area contributed by atoms with Crippen molar-refractivity contribution >= 4 is 28.1 Å². The molecule has 126 valence electrons. The molecule has 0 heterocycles. The van der Waals surface area contributed by atoms with E-state index in [4.69, 9.17) is 9.47 Å². The third-order valence-corrected chi connectivity index (χ3v) is 3.72. The van der Waals surface area contributed by atoms with Crippen LogP contribution in [0, 0.1) is 0 Å². The third kappa shape index (κ3) is 4.91. The van der Waals surface area contributed by atoms with Crippen LogP contribution in [0.25, 0.3) is 0 Å². The van der Waals surface area contributed by atoms with Crippen LogP contribution in [0.5, 0.6) is 5.75 Å². The number of hydrogen-bond donors (Lipinski definition) is 1. The van der Waals surface area contributed by atoms with Crippen LogP contribution in [0.1, 0.15) is 24.2 Å². The van der Waals surface area contributed by atoms with Crippen LogP contribution < -0.4 is 10.2 Å². The van der Waals surface area contributed by atoms with Crippen LogP contribution in [0.4, 0.5) is 0 Å². The van der Waals surface area contributed by atoms with Crippen LogP contribution in [-0.2, 0) is 9.53 Å². The van der Waals surface area contributed by atoms with Crippen molar-refractivity contribution in [2.45, 2.75) is 13.0 Å². The van der Waals surface area contributed by atoms with Gasteiger partial charge in [-0.25, -0.2) is 5.43 Å². The zero-order valence-electron chi connectivity index (χ0n) is 13.5. The number of nitrogens with zero attached hydrogens (tertiary/aromatic N) is 1. The van der Waals surface area contributed by atoms with Crippen molar-refractivity contribution in [2.24, 2.45) is 5.10 Å². The Morgan fingerprint density at radius 2 is 2.04 bits per heavy atom. The summed E-state index contributed by atoms with van der Waals surface area (Å²) in [6, 6.07) is 14.9. The van der Waals surface area contributed by atoms with Crippen molar-refractivity contribution in [2.75, 3.05) is 13.7 Å². The predicted molar refractivity (Wildman–Crippen MR) is 97.2 cm³/mol. The topological polar surface area (TPSA) is 59.9 Å². The van der Waals surface area contributed by atoms with E-state index in [2.05, 4.69) is 26.5 Å². The van der Waals surface area contributed by atoms with Gasteiger partial charge in [0.05, 0.1) is 12.8 Å². The molecule has 0 radical (unpaired) electrons. The molecule has 0 aromatic heterocycles. The van der Waals surface area contributed by atoms with Gasteiger partial charge in [-0.05, 0) is 30.7 Å². The highest BCUT2D eigenvalue weighted by Gasteiger charge is 2.19. The minimum Gasteiger partial charge on any atom is -0.493 e. The molecule has 24 heavy (non-hydrogen) atoms. The monoisotopic (exact) mass is 390 g/mol. The van der Waals surface area contributed by atoms with Crippen LogP contribution in [0.2, 0.25) is 0 Å². The number of benzene rings is 2. The van der Waals surface area contributed by atoms with Gasteiger partial charge < -0.3 is 9.47 Å². The Kier molecular flexibility index (Phi) is 6.96. The number of hydrazone groups is 1. The molecule has 0 saturated carbocycles. The zero-order chi connectivity index (χ0) is 17.4. The summed E-state index contributed by atoms with van der Waals surface area (Å²) in [5.74, 6) is 0.359. The van der Waals surface area contributed by atoms with E-state index >= 15 is 0 Å². The molecule has 5 nitrogen and oxygen atoms in total. The Bertz CT molecular complexity index is 705. The van der Waals surface area contributed by atoms with Gasteiger partial charge in [0, 0.05) is 17.1 Å². The first-order chi connectivity index (χ1) is 11.7. The maximum Gasteiger partial charge on any atom is 0.273 e. The second-order valence-corrected chi connectivity index (χ2v) is 5.79. The fourth-order valence-electron chi connectivity index (χ4n) is 2.15. The van der Waals surface area contributed by atoms with E-state index in [0.717, 1.165) is 15.6 Å². The molecule has 0 spiro atoms. The van der Waals surface area contributed by atoms with Gasteiger partial charge in [0.25, 0.3) is 5.91 Å². The largest absolute Gasteiger partial charge is 0.493 e. The SMILES string of the molecule is CCOc1ccc(Br)cc1/C=N/NC(=O)C(OC)c1ccccc1. The lowest BCUT2D eigenvalue weighted by Crippen LogP contribution is -2.26. The summed E-state index contributed by atoms with van der Waals surface area (Å²) in [7, 11) is 1.49. The lowest BCUT2D eigenvalue weighted by atomic mass is 10.1. The number of nitrogens with one attached hydrogen (secondary N) is 1. The lowest BCUT2D eigenvalue weighted by Gasteiger charge is -2.13. The highest BCUT2D eigenvalue weighted by Crippen LogP contribution is 2.22. The zero-order valence-corrected chi connectivity index (χ0v) is 15.1. The van der Waals surface area contributed by atoms with Crippen molar-refractivity contribution in [3.63, 3.8) is 0 Å². The van der Waals surface area contributed by atoms with Gasteiger partial charge >= 0.3 is 0 Å². The molecule has 1 unspecified atom stereocenters. The van der Waals surface area contributed by atoms with E-state index in [1.165, 1.54) is 7.11 Å². The number of carbonyl (C=O) groups is 1. The average Bonchev–Trinajstić information content (AvgIpc) is 2.59. The fraction of sp³-hybridized carbons (Fsp3) is 0.222. The number of amides is 1. The van der Waals surface area contributed by atoms with Crippen LogP contribution in [0.3, 0.4) is 0 Å². The number of methoxy groups -OCH3 is 1. The molecule has 0 aliphatic carbocycles. The average molecular weight is 391 g/mol. The highest BCUT2D eigenvalue weighted by molar-refractivity contribution is 9.10. The summed E-state index contributed by atoms with van der Waals surface area (Å²) in [6.45, 7) is 2.46. The highest BCUT2D eigenvalue weighted by atomic mass is 79.9. The molecule has 2 aromatic carbocycles. The molecule has 0 bridgehead atoms. The van der Waals surface area contributed by atoms with Gasteiger partial charge in [0.15, 0.2) is 6.10 Å². The summed E-state index contributed by atoms with van der Waals surface area (Å²) in [4.78, 5) is 12.3. The van der Waals surface area contributed by atoms with E-state index in [9.17, 15) is 4.79 Å². The van der Waals surface area contributed by atoms with Crippen molar-refractivity contribution < 1.29 is 14.3 Å². The molecule has 0 saturated heterocycles. The van der Waals surface area contributed by atoms with Crippen molar-refractivity contribution in [1.29, 1.82) is 0 Å². The molecule has 0 aliphatic rings. The van der Waals surface area contributed by atoms with Gasteiger partial charge in [-0.3, -0.25) is 4.79 Å². The van der Waals surface area contributed by atoms with Gasteiger partial charge in [0.2, 0.25) is 0 Å². The summed E-state index contributed by atoms with van der Waals surface area (Å²) in [5.41, 5.74) is 4.04. The van der Waals surface area contributed by atoms with E-state index in [1.54, 1.807) is 6.21 Å². The van der Waals surface area contributed by atoms with Crippen LogP contribution in [0.15, 0.2) is 58.1 Å². The summed E-state index contributed by atoms with van der Waals surface area (Å²) < 4.78 is 11.7. The maximum atomic E-state index is 12.3. The Morgan fingerprint density at radius 1 is 1.29 bits per heavy atom. The summed E-state index contributed by atoms with van der Waals surface area (Å²) in [6.07, 6.45) is 0.836. The molecule has 1 atom stereocenters. The van der Waals surface area contributed by atoms with Gasteiger partial charge in [-0.1, -0.05) is 46.3 Å². The van der Waals surface area contributed by atoms with Crippen LogP contribution in [-0.4, -0.2) is 25.8 Å². The second kappa shape index (κ2) is 9.20. The maximum absolute atomic E-state index is 12.3. The standard InChI is InChI=1S/C18H19BrN2O3/c1-3-24-16-10-9-15(19)11-14(16)12-20-21-18(22)17(23-2)13-7-5-4-6-8-13/h4-12,17H,3H2,1-2H3,(H,21,22)/b20-12+. The van der Waals surface area contributed by atoms with E-state index in [-0.39, 0.29) is 5.91 Å². The van der Waals surface area contributed by atoms with Gasteiger partial charge in [-0.15, -0.1) is 0 Å². The summed E-state index contributed by atoms with van der Waals surface area (Å²) in [5, 5.41) is 4.01. The first-order valence-corrected chi connectivity index (χ1v) is 8.28. The molecule has 1 amide bonds. The van der Waals surface area contributed by atoms with Gasteiger partial charge in [-0.2, -0.15) is 5.10 Å². The molecule has 0 aliphatic heterocycles. The number of carbonyl (C=O) groups excluding carboxylic acids is 1. The van der Waals surface area contributed by atoms with Crippen LogP contribution >= 0.6 is 15.9 Å². The third-order valence-electron chi connectivity index (χ3n) is 3.23. The molecule has 6 heteroatoms. The van der Waals surface area contributed by atoms with Crippen molar-refractivity contribution in [1.82, 2.24) is 5.43 Å². The first kappa shape index (κ1) is 18.2. The first-order valence-electron chi connectivity index (χ1n) is 7.48. The quantitative estimate of drug-likeness (QED) is 0.579.